The van der Waals surface area contributed by atoms with E-state index in [0.717, 1.165) is 5.56 Å². The Balaban J connectivity index is 1.51. The highest BCUT2D eigenvalue weighted by Gasteiger charge is 2.28. The molecule has 0 saturated carbocycles. The topological polar surface area (TPSA) is 111 Å². The Morgan fingerprint density at radius 1 is 1.07 bits per heavy atom. The molecule has 1 saturated heterocycles. The number of benzene rings is 1. The molecule has 4 rings (SSSR count). The van der Waals surface area contributed by atoms with E-state index in [0.29, 0.717) is 59.9 Å². The first-order chi connectivity index (χ1) is 20.9. The minimum Gasteiger partial charge on any atom is -0.376 e. The molecular weight excluding hydrogens is 561 g/mol. The maximum Gasteiger partial charge on any atom is 0.275 e. The second-order valence-electron chi connectivity index (χ2n) is 11.5. The first kappa shape index (κ1) is 32.3. The number of carbonyl (C=O) groups is 3. The number of nitrogens with one attached hydrogen (secondary N) is 2. The minimum atomic E-state index is -0.422. The van der Waals surface area contributed by atoms with Gasteiger partial charge in [-0.3, -0.25) is 19.3 Å². The van der Waals surface area contributed by atoms with Crippen LogP contribution in [0.5, 0.6) is 0 Å². The third-order valence-electron chi connectivity index (χ3n) is 7.81. The highest BCUT2D eigenvalue weighted by atomic mass is 19.1. The molecule has 1 aliphatic heterocycles. The lowest BCUT2D eigenvalue weighted by Crippen LogP contribution is -2.54. The summed E-state index contributed by atoms with van der Waals surface area (Å²) in [4.78, 5) is 51.8. The first-order valence-corrected chi connectivity index (χ1v) is 14.5. The third kappa shape index (κ3) is 7.46. The van der Waals surface area contributed by atoms with Crippen molar-refractivity contribution in [1.82, 2.24) is 24.7 Å². The molecule has 3 aromatic rings. The van der Waals surface area contributed by atoms with Gasteiger partial charge in [0.05, 0.1) is 23.5 Å². The number of aromatic nitrogens is 2. The number of amides is 3. The zero-order valence-corrected chi connectivity index (χ0v) is 26.1. The summed E-state index contributed by atoms with van der Waals surface area (Å²) in [5.74, 6) is -0.618. The Morgan fingerprint density at radius 2 is 1.82 bits per heavy atom. The fraction of sp³-hybridized carbons (Fsp3) is 0.364. The van der Waals surface area contributed by atoms with Crippen molar-refractivity contribution in [2.24, 2.45) is 0 Å². The standard InChI is InChI=1S/C33H40FN7O3/c1-8-29(42)41-12-11-40(18-23(41)5)19-28(24-10-9-20(2)27(34)15-24)37-26-14-21(3)30(35-17-26)32(43)38-31-22(4)13-25(16-36-31)33(44)39(6)7/h8-10,13-17,23,28,37H,1,11-12,18-19H2,2-7H3,(H,36,38,43)/t23-,28-/m1/s1. The number of aryl methyl sites for hydroxylation is 3. The summed E-state index contributed by atoms with van der Waals surface area (Å²) in [5, 5.41) is 6.29. The molecule has 2 N–H and O–H groups in total. The Kier molecular flexibility index (Phi) is 10.1. The van der Waals surface area contributed by atoms with E-state index in [9.17, 15) is 18.8 Å². The van der Waals surface area contributed by atoms with Crippen molar-refractivity contribution < 1.29 is 18.8 Å². The molecule has 44 heavy (non-hydrogen) atoms. The van der Waals surface area contributed by atoms with E-state index < -0.39 is 5.91 Å². The molecule has 0 spiro atoms. The molecule has 3 heterocycles. The highest BCUT2D eigenvalue weighted by Crippen LogP contribution is 2.25. The lowest BCUT2D eigenvalue weighted by Gasteiger charge is -2.41. The van der Waals surface area contributed by atoms with Crippen LogP contribution in [0.4, 0.5) is 15.9 Å². The van der Waals surface area contributed by atoms with Crippen LogP contribution in [0.1, 0.15) is 56.1 Å². The zero-order chi connectivity index (χ0) is 32.1. The van der Waals surface area contributed by atoms with Crippen molar-refractivity contribution in [1.29, 1.82) is 0 Å². The van der Waals surface area contributed by atoms with Gasteiger partial charge in [0, 0.05) is 52.5 Å². The van der Waals surface area contributed by atoms with Gasteiger partial charge in [-0.15, -0.1) is 0 Å². The Morgan fingerprint density at radius 3 is 2.43 bits per heavy atom. The maximum atomic E-state index is 14.6. The number of hydrogen-bond donors (Lipinski definition) is 2. The van der Waals surface area contributed by atoms with Gasteiger partial charge in [-0.2, -0.15) is 0 Å². The number of carbonyl (C=O) groups excluding carboxylic acids is 3. The molecule has 2 aromatic heterocycles. The lowest BCUT2D eigenvalue weighted by atomic mass is 10.0. The van der Waals surface area contributed by atoms with Crippen LogP contribution in [0, 0.1) is 26.6 Å². The van der Waals surface area contributed by atoms with Crippen molar-refractivity contribution in [3.63, 3.8) is 0 Å². The molecule has 3 amide bonds. The monoisotopic (exact) mass is 601 g/mol. The SMILES string of the molecule is C=CC(=O)N1CCN(C[C@@H](Nc2cnc(C(=O)Nc3ncc(C(=O)N(C)C)cc3C)c(C)c2)c2ccc(C)c(F)c2)C[C@H]1C. The molecule has 2 atom stereocenters. The van der Waals surface area contributed by atoms with Crippen LogP contribution >= 0.6 is 0 Å². The number of hydrogen-bond acceptors (Lipinski definition) is 7. The van der Waals surface area contributed by atoms with Gasteiger partial charge >= 0.3 is 0 Å². The molecule has 0 bridgehead atoms. The predicted molar refractivity (Wildman–Crippen MR) is 169 cm³/mol. The Hall–Kier alpha value is -4.64. The fourth-order valence-electron chi connectivity index (χ4n) is 5.30. The summed E-state index contributed by atoms with van der Waals surface area (Å²) in [6.07, 6.45) is 4.36. The van der Waals surface area contributed by atoms with Gasteiger partial charge in [0.15, 0.2) is 0 Å². The van der Waals surface area contributed by atoms with Crippen molar-refractivity contribution >= 4 is 29.2 Å². The number of pyridine rings is 2. The summed E-state index contributed by atoms with van der Waals surface area (Å²) in [6.45, 7) is 13.4. The largest absolute Gasteiger partial charge is 0.376 e. The van der Waals surface area contributed by atoms with Crippen LogP contribution in [-0.2, 0) is 4.79 Å². The van der Waals surface area contributed by atoms with Gasteiger partial charge < -0.3 is 20.4 Å². The summed E-state index contributed by atoms with van der Waals surface area (Å²) in [6, 6.07) is 8.46. The Bertz CT molecular complexity index is 1570. The molecule has 1 aromatic carbocycles. The summed E-state index contributed by atoms with van der Waals surface area (Å²) in [7, 11) is 3.33. The lowest BCUT2D eigenvalue weighted by molar-refractivity contribution is -0.130. The van der Waals surface area contributed by atoms with E-state index in [1.165, 1.54) is 17.2 Å². The van der Waals surface area contributed by atoms with Crippen LogP contribution < -0.4 is 10.6 Å². The highest BCUT2D eigenvalue weighted by molar-refractivity contribution is 6.04. The summed E-state index contributed by atoms with van der Waals surface area (Å²) >= 11 is 0. The van der Waals surface area contributed by atoms with Crippen molar-refractivity contribution in [2.75, 3.05) is 50.9 Å². The minimum absolute atomic E-state index is 0.00848. The summed E-state index contributed by atoms with van der Waals surface area (Å²) in [5.41, 5.74) is 3.98. The van der Waals surface area contributed by atoms with Crippen LogP contribution in [0.3, 0.4) is 0 Å². The molecule has 0 radical (unpaired) electrons. The molecule has 1 aliphatic rings. The molecule has 10 nitrogen and oxygen atoms in total. The van der Waals surface area contributed by atoms with Gasteiger partial charge in [0.25, 0.3) is 11.8 Å². The van der Waals surface area contributed by atoms with Gasteiger partial charge in [-0.25, -0.2) is 14.4 Å². The second-order valence-corrected chi connectivity index (χ2v) is 11.5. The normalized spacial score (nSPS) is 15.8. The van der Waals surface area contributed by atoms with E-state index in [1.807, 2.05) is 24.0 Å². The van der Waals surface area contributed by atoms with E-state index in [-0.39, 0.29) is 35.4 Å². The predicted octanol–water partition coefficient (Wildman–Crippen LogP) is 4.37. The van der Waals surface area contributed by atoms with E-state index in [4.69, 9.17) is 0 Å². The Labute approximate surface area is 258 Å². The van der Waals surface area contributed by atoms with Crippen molar-refractivity contribution in [3.8, 4) is 0 Å². The van der Waals surface area contributed by atoms with Crippen molar-refractivity contribution in [3.05, 3.63) is 94.7 Å². The van der Waals surface area contributed by atoms with Gasteiger partial charge in [-0.05, 0) is 74.2 Å². The average molecular weight is 602 g/mol. The molecule has 1 fully saturated rings. The van der Waals surface area contributed by atoms with E-state index in [2.05, 4.69) is 32.1 Å². The maximum absolute atomic E-state index is 14.6. The zero-order valence-electron chi connectivity index (χ0n) is 26.1. The second kappa shape index (κ2) is 13.8. The molecule has 11 heteroatoms. The van der Waals surface area contributed by atoms with E-state index >= 15 is 0 Å². The third-order valence-corrected chi connectivity index (χ3v) is 7.81. The van der Waals surface area contributed by atoms with Gasteiger partial charge in [0.2, 0.25) is 5.91 Å². The molecular formula is C33H40FN7O3. The first-order valence-electron chi connectivity index (χ1n) is 14.5. The number of halogens is 1. The number of nitrogens with zero attached hydrogens (tertiary/aromatic N) is 5. The molecule has 232 valence electrons. The van der Waals surface area contributed by atoms with E-state index in [1.54, 1.807) is 59.3 Å². The summed E-state index contributed by atoms with van der Waals surface area (Å²) < 4.78 is 14.6. The number of rotatable bonds is 9. The van der Waals surface area contributed by atoms with Crippen molar-refractivity contribution in [2.45, 2.75) is 39.8 Å². The van der Waals surface area contributed by atoms with Gasteiger partial charge in [0.1, 0.15) is 17.3 Å². The quantitative estimate of drug-likeness (QED) is 0.351. The van der Waals surface area contributed by atoms with Gasteiger partial charge in [-0.1, -0.05) is 18.7 Å². The van der Waals surface area contributed by atoms with Crippen LogP contribution in [0.2, 0.25) is 0 Å². The molecule has 0 aliphatic carbocycles. The number of anilines is 2. The molecule has 0 unspecified atom stereocenters. The van der Waals surface area contributed by atoms with Crippen LogP contribution in [0.25, 0.3) is 0 Å². The average Bonchev–Trinajstić information content (AvgIpc) is 2.98. The van der Waals surface area contributed by atoms with Crippen LogP contribution in [0.15, 0.2) is 55.4 Å². The smallest absolute Gasteiger partial charge is 0.275 e. The number of piperazine rings is 1. The van der Waals surface area contributed by atoms with Crippen LogP contribution in [-0.4, -0.2) is 88.7 Å². The fourth-order valence-corrected chi connectivity index (χ4v) is 5.30.